The van der Waals surface area contributed by atoms with Crippen molar-refractivity contribution in [1.29, 1.82) is 0 Å². The lowest BCUT2D eigenvalue weighted by Crippen LogP contribution is -2.33. The van der Waals surface area contributed by atoms with Crippen molar-refractivity contribution in [3.8, 4) is 0 Å². The average Bonchev–Trinajstić information content (AvgIpc) is 2.24. The van der Waals surface area contributed by atoms with Gasteiger partial charge in [0, 0.05) is 0 Å². The highest BCUT2D eigenvalue weighted by atomic mass is 35.5. The molecule has 0 bridgehead atoms. The van der Waals surface area contributed by atoms with Gasteiger partial charge in [-0.25, -0.2) is 0 Å². The van der Waals surface area contributed by atoms with Crippen LogP contribution in [0.5, 0.6) is 0 Å². The molecule has 5 nitrogen and oxygen atoms in total. The predicted octanol–water partition coefficient (Wildman–Crippen LogP) is 2.60. The molecule has 0 radical (unpaired) electrons. The van der Waals surface area contributed by atoms with Crippen LogP contribution in [-0.2, 0) is 9.59 Å². The minimum atomic E-state index is -1.01. The van der Waals surface area contributed by atoms with Crippen LogP contribution >= 0.6 is 34.8 Å². The summed E-state index contributed by atoms with van der Waals surface area (Å²) in [6.07, 6.45) is 0. The first-order valence-electron chi connectivity index (χ1n) is 5.14. The van der Waals surface area contributed by atoms with Gasteiger partial charge in [0.2, 0.25) is 5.91 Å². The van der Waals surface area contributed by atoms with E-state index in [1.165, 1.54) is 24.1 Å². The molecule has 0 saturated carbocycles. The molecule has 8 heteroatoms. The third-order valence-electron chi connectivity index (χ3n) is 2.10. The minimum absolute atomic E-state index is 0.0805. The third kappa shape index (κ3) is 5.24. The topological polar surface area (TPSA) is 69.6 Å². The Morgan fingerprint density at radius 3 is 2.32 bits per heavy atom. The number of carboxylic acid groups (broad SMARTS) is 1. The number of benzene rings is 1. The summed E-state index contributed by atoms with van der Waals surface area (Å²) < 4.78 is 0. The first-order valence-corrected chi connectivity index (χ1v) is 6.27. The van der Waals surface area contributed by atoms with E-state index in [2.05, 4.69) is 5.32 Å². The number of nitrogens with zero attached hydrogens (tertiary/aromatic N) is 1. The molecular formula is C11H11Cl3N2O3. The normalized spacial score (nSPS) is 10.6. The van der Waals surface area contributed by atoms with Crippen molar-refractivity contribution in [3.05, 3.63) is 27.2 Å². The number of hydrogen-bond donors (Lipinski definition) is 2. The second-order valence-corrected chi connectivity index (χ2v) is 5.08. The van der Waals surface area contributed by atoms with Crippen LogP contribution in [0.15, 0.2) is 12.1 Å². The molecule has 0 aliphatic heterocycles. The lowest BCUT2D eigenvalue weighted by molar-refractivity contribution is -0.138. The SMILES string of the molecule is CN(CC(=O)O)CC(=O)Nc1cc(Cl)c(Cl)cc1Cl. The van der Waals surface area contributed by atoms with E-state index >= 15 is 0 Å². The van der Waals surface area contributed by atoms with Crippen molar-refractivity contribution in [2.24, 2.45) is 0 Å². The number of likely N-dealkylation sites (N-methyl/N-ethyl adjacent to an activating group) is 1. The number of rotatable bonds is 5. The number of nitrogens with one attached hydrogen (secondary N) is 1. The van der Waals surface area contributed by atoms with Crippen LogP contribution in [0.4, 0.5) is 5.69 Å². The van der Waals surface area contributed by atoms with Gasteiger partial charge in [-0.3, -0.25) is 14.5 Å². The van der Waals surface area contributed by atoms with Crippen molar-refractivity contribution in [2.75, 3.05) is 25.5 Å². The standard InChI is InChI=1S/C11H11Cl3N2O3/c1-16(5-11(18)19)4-10(17)15-9-3-7(13)6(12)2-8(9)14/h2-3H,4-5H2,1H3,(H,15,17)(H,18,19). The monoisotopic (exact) mass is 324 g/mol. The Morgan fingerprint density at radius 2 is 1.74 bits per heavy atom. The van der Waals surface area contributed by atoms with Crippen LogP contribution in [0.2, 0.25) is 15.1 Å². The number of hydrogen-bond acceptors (Lipinski definition) is 3. The lowest BCUT2D eigenvalue weighted by Gasteiger charge is -2.14. The lowest BCUT2D eigenvalue weighted by atomic mass is 10.3. The van der Waals surface area contributed by atoms with E-state index in [1.54, 1.807) is 0 Å². The number of amides is 1. The highest BCUT2D eigenvalue weighted by molar-refractivity contribution is 6.44. The summed E-state index contributed by atoms with van der Waals surface area (Å²) in [4.78, 5) is 23.5. The number of carbonyl (C=O) groups is 2. The fraction of sp³-hybridized carbons (Fsp3) is 0.273. The van der Waals surface area contributed by atoms with E-state index in [0.717, 1.165) is 0 Å². The van der Waals surface area contributed by atoms with E-state index in [-0.39, 0.29) is 28.2 Å². The Bertz CT molecular complexity index is 508. The molecule has 1 amide bonds. The second kappa shape index (κ2) is 6.96. The summed E-state index contributed by atoms with van der Waals surface area (Å²) in [6, 6.07) is 2.85. The number of carboxylic acids is 1. The van der Waals surface area contributed by atoms with Crippen LogP contribution < -0.4 is 5.32 Å². The zero-order valence-electron chi connectivity index (χ0n) is 9.91. The Labute approximate surface area is 125 Å². The van der Waals surface area contributed by atoms with Gasteiger partial charge in [-0.1, -0.05) is 34.8 Å². The molecule has 0 fully saturated rings. The predicted molar refractivity (Wildman–Crippen MR) is 75.2 cm³/mol. The number of anilines is 1. The maximum absolute atomic E-state index is 11.7. The van der Waals surface area contributed by atoms with E-state index in [1.807, 2.05) is 0 Å². The number of halogens is 3. The highest BCUT2D eigenvalue weighted by Gasteiger charge is 2.12. The molecule has 0 aliphatic carbocycles. The van der Waals surface area contributed by atoms with Crippen LogP contribution in [-0.4, -0.2) is 42.0 Å². The number of aliphatic carboxylic acids is 1. The van der Waals surface area contributed by atoms with Gasteiger partial charge in [-0.15, -0.1) is 0 Å². The molecule has 0 aliphatic rings. The molecule has 2 N–H and O–H groups in total. The second-order valence-electron chi connectivity index (χ2n) is 3.86. The zero-order valence-corrected chi connectivity index (χ0v) is 12.2. The molecule has 0 aromatic heterocycles. The van der Waals surface area contributed by atoms with Gasteiger partial charge in [0.1, 0.15) is 0 Å². The first-order chi connectivity index (χ1) is 8.79. The van der Waals surface area contributed by atoms with Crippen LogP contribution in [0.25, 0.3) is 0 Å². The Morgan fingerprint density at radius 1 is 1.16 bits per heavy atom. The summed E-state index contributed by atoms with van der Waals surface area (Å²) in [5, 5.41) is 11.9. The van der Waals surface area contributed by atoms with Gasteiger partial charge in [0.05, 0.1) is 33.8 Å². The van der Waals surface area contributed by atoms with Gasteiger partial charge < -0.3 is 10.4 Å². The van der Waals surface area contributed by atoms with Crippen molar-refractivity contribution in [1.82, 2.24) is 4.90 Å². The fourth-order valence-electron chi connectivity index (χ4n) is 1.34. The average molecular weight is 326 g/mol. The molecule has 0 saturated heterocycles. The fourth-order valence-corrected chi connectivity index (χ4v) is 1.93. The molecule has 0 atom stereocenters. The largest absolute Gasteiger partial charge is 0.480 e. The van der Waals surface area contributed by atoms with Crippen molar-refractivity contribution in [3.63, 3.8) is 0 Å². The molecule has 0 spiro atoms. The minimum Gasteiger partial charge on any atom is -0.480 e. The van der Waals surface area contributed by atoms with Gasteiger partial charge >= 0.3 is 5.97 Å². The molecule has 1 rings (SSSR count). The Kier molecular flexibility index (Phi) is 5.87. The maximum Gasteiger partial charge on any atom is 0.317 e. The highest BCUT2D eigenvalue weighted by Crippen LogP contribution is 2.32. The van der Waals surface area contributed by atoms with Crippen LogP contribution in [0, 0.1) is 0 Å². The molecule has 0 heterocycles. The van der Waals surface area contributed by atoms with Gasteiger partial charge in [0.15, 0.2) is 0 Å². The van der Waals surface area contributed by atoms with Crippen molar-refractivity contribution < 1.29 is 14.7 Å². The first kappa shape index (κ1) is 16.0. The smallest absolute Gasteiger partial charge is 0.317 e. The summed E-state index contributed by atoms with van der Waals surface area (Å²) in [5.41, 5.74) is 0.324. The zero-order chi connectivity index (χ0) is 14.6. The Hall–Kier alpha value is -1.01. The molecule has 104 valence electrons. The van der Waals surface area contributed by atoms with Gasteiger partial charge in [0.25, 0.3) is 0 Å². The summed E-state index contributed by atoms with van der Waals surface area (Å²) in [7, 11) is 1.52. The third-order valence-corrected chi connectivity index (χ3v) is 3.14. The van der Waals surface area contributed by atoms with Crippen molar-refractivity contribution >= 4 is 52.4 Å². The molecule has 0 unspecified atom stereocenters. The summed E-state index contributed by atoms with van der Waals surface area (Å²) >= 11 is 17.5. The quantitative estimate of drug-likeness (QED) is 0.817. The number of carbonyl (C=O) groups excluding carboxylic acids is 1. The molecule has 1 aromatic carbocycles. The Balaban J connectivity index is 2.67. The molecule has 1 aromatic rings. The van der Waals surface area contributed by atoms with Crippen LogP contribution in [0.3, 0.4) is 0 Å². The van der Waals surface area contributed by atoms with E-state index in [4.69, 9.17) is 39.9 Å². The van der Waals surface area contributed by atoms with Gasteiger partial charge in [-0.05, 0) is 19.2 Å². The van der Waals surface area contributed by atoms with E-state index in [0.29, 0.717) is 5.69 Å². The van der Waals surface area contributed by atoms with Crippen molar-refractivity contribution in [2.45, 2.75) is 0 Å². The molecular weight excluding hydrogens is 314 g/mol. The molecule has 19 heavy (non-hydrogen) atoms. The van der Waals surface area contributed by atoms with E-state index in [9.17, 15) is 9.59 Å². The maximum atomic E-state index is 11.7. The van der Waals surface area contributed by atoms with E-state index < -0.39 is 11.9 Å². The van der Waals surface area contributed by atoms with Gasteiger partial charge in [-0.2, -0.15) is 0 Å². The summed E-state index contributed by atoms with van der Waals surface area (Å²) in [6.45, 7) is -0.314. The summed E-state index contributed by atoms with van der Waals surface area (Å²) in [5.74, 6) is -1.41. The van der Waals surface area contributed by atoms with Crippen LogP contribution in [0.1, 0.15) is 0 Å².